The van der Waals surface area contributed by atoms with E-state index < -0.39 is 4.92 Å². The molecular formula is C10H14N4O2. The van der Waals surface area contributed by atoms with Crippen LogP contribution in [0, 0.1) is 10.1 Å². The first-order chi connectivity index (χ1) is 7.68. The van der Waals surface area contributed by atoms with Crippen LogP contribution in [-0.4, -0.2) is 29.0 Å². The van der Waals surface area contributed by atoms with E-state index in [1.807, 2.05) is 4.90 Å². The summed E-state index contributed by atoms with van der Waals surface area (Å²) in [6.07, 6.45) is 3.38. The molecule has 0 bridgehead atoms. The summed E-state index contributed by atoms with van der Waals surface area (Å²) in [7, 11) is 0. The third-order valence-electron chi connectivity index (χ3n) is 2.74. The molecule has 1 saturated heterocycles. The van der Waals surface area contributed by atoms with Crippen LogP contribution in [0.2, 0.25) is 0 Å². The number of hydrogen-bond acceptors (Lipinski definition) is 5. The zero-order chi connectivity index (χ0) is 11.5. The molecule has 0 spiro atoms. The minimum atomic E-state index is -0.449. The number of nitrogens with zero attached hydrogens (tertiary/aromatic N) is 3. The molecule has 6 nitrogen and oxygen atoms in total. The van der Waals surface area contributed by atoms with Crippen LogP contribution >= 0.6 is 0 Å². The van der Waals surface area contributed by atoms with Crippen molar-refractivity contribution in [2.45, 2.75) is 18.9 Å². The summed E-state index contributed by atoms with van der Waals surface area (Å²) >= 11 is 0. The van der Waals surface area contributed by atoms with Crippen LogP contribution in [0.5, 0.6) is 0 Å². The summed E-state index contributed by atoms with van der Waals surface area (Å²) in [5.41, 5.74) is 6.43. The zero-order valence-electron chi connectivity index (χ0n) is 8.87. The van der Waals surface area contributed by atoms with Crippen LogP contribution in [0.1, 0.15) is 12.8 Å². The summed E-state index contributed by atoms with van der Waals surface area (Å²) in [6.45, 7) is 1.47. The molecule has 86 valence electrons. The Morgan fingerprint density at radius 1 is 1.62 bits per heavy atom. The molecular weight excluding hydrogens is 208 g/mol. The Hall–Kier alpha value is -1.69. The van der Waals surface area contributed by atoms with Crippen molar-refractivity contribution in [1.29, 1.82) is 0 Å². The van der Waals surface area contributed by atoms with Gasteiger partial charge in [-0.05, 0) is 34.9 Å². The number of pyridine rings is 1. The lowest BCUT2D eigenvalue weighted by molar-refractivity contribution is -0.388. The molecule has 1 fully saturated rings. The van der Waals surface area contributed by atoms with E-state index in [4.69, 9.17) is 5.73 Å². The number of nitrogens with two attached hydrogens (primary N) is 1. The molecule has 2 N–H and O–H groups in total. The van der Waals surface area contributed by atoms with Gasteiger partial charge >= 0.3 is 5.82 Å². The Morgan fingerprint density at radius 2 is 2.44 bits per heavy atom. The Kier molecular flexibility index (Phi) is 3.00. The maximum Gasteiger partial charge on any atom is 0.387 e. The van der Waals surface area contributed by atoms with E-state index >= 15 is 0 Å². The monoisotopic (exact) mass is 222 g/mol. The molecule has 6 heteroatoms. The fourth-order valence-corrected chi connectivity index (χ4v) is 2.00. The zero-order valence-corrected chi connectivity index (χ0v) is 8.87. The fourth-order valence-electron chi connectivity index (χ4n) is 2.00. The average molecular weight is 222 g/mol. The van der Waals surface area contributed by atoms with Crippen molar-refractivity contribution in [3.63, 3.8) is 0 Å². The first-order valence-electron chi connectivity index (χ1n) is 5.28. The van der Waals surface area contributed by atoms with Crippen molar-refractivity contribution in [1.82, 2.24) is 4.98 Å². The number of nitro groups is 1. The van der Waals surface area contributed by atoms with Crippen molar-refractivity contribution in [2.24, 2.45) is 5.73 Å². The lowest BCUT2D eigenvalue weighted by Gasteiger charge is -2.31. The van der Waals surface area contributed by atoms with Crippen LogP contribution in [0.25, 0.3) is 0 Å². The SMILES string of the molecule is NC1CCCN(c2cccnc2[N+](=O)[O-])C1. The van der Waals surface area contributed by atoms with E-state index in [9.17, 15) is 10.1 Å². The summed E-state index contributed by atoms with van der Waals surface area (Å²) in [6, 6.07) is 3.53. The Morgan fingerprint density at radius 3 is 3.12 bits per heavy atom. The molecule has 0 aromatic carbocycles. The Bertz CT molecular complexity index is 396. The number of anilines is 1. The molecule has 1 aliphatic rings. The van der Waals surface area contributed by atoms with E-state index in [1.54, 1.807) is 12.1 Å². The van der Waals surface area contributed by atoms with E-state index in [1.165, 1.54) is 6.20 Å². The predicted molar refractivity (Wildman–Crippen MR) is 60.3 cm³/mol. The highest BCUT2D eigenvalue weighted by molar-refractivity contribution is 5.59. The van der Waals surface area contributed by atoms with E-state index in [0.717, 1.165) is 19.4 Å². The number of piperidine rings is 1. The Balaban J connectivity index is 2.28. The quantitative estimate of drug-likeness (QED) is 0.594. The van der Waals surface area contributed by atoms with Crippen LogP contribution in [0.4, 0.5) is 11.5 Å². The minimum Gasteiger partial charge on any atom is -0.363 e. The van der Waals surface area contributed by atoms with Gasteiger partial charge in [0.2, 0.25) is 0 Å². The molecule has 0 amide bonds. The molecule has 16 heavy (non-hydrogen) atoms. The standard InChI is InChI=1S/C10H14N4O2/c11-8-3-2-6-13(7-8)9-4-1-5-12-10(9)14(15)16/h1,4-5,8H,2-3,6-7,11H2. The van der Waals surface area contributed by atoms with E-state index in [0.29, 0.717) is 12.2 Å². The summed E-state index contributed by atoms with van der Waals surface area (Å²) in [5, 5.41) is 10.8. The number of rotatable bonds is 2. The summed E-state index contributed by atoms with van der Waals surface area (Å²) < 4.78 is 0. The molecule has 0 saturated carbocycles. The second kappa shape index (κ2) is 4.44. The molecule has 1 aromatic heterocycles. The smallest absolute Gasteiger partial charge is 0.363 e. The highest BCUT2D eigenvalue weighted by atomic mass is 16.6. The van der Waals surface area contributed by atoms with Gasteiger partial charge in [-0.25, -0.2) is 0 Å². The largest absolute Gasteiger partial charge is 0.387 e. The second-order valence-corrected chi connectivity index (χ2v) is 3.95. The van der Waals surface area contributed by atoms with Crippen molar-refractivity contribution < 1.29 is 4.92 Å². The normalized spacial score (nSPS) is 20.8. The molecule has 1 unspecified atom stereocenters. The van der Waals surface area contributed by atoms with Gasteiger partial charge in [-0.15, -0.1) is 0 Å². The first-order valence-corrected chi connectivity index (χ1v) is 5.28. The number of aromatic nitrogens is 1. The molecule has 1 atom stereocenters. The van der Waals surface area contributed by atoms with Crippen molar-refractivity contribution in [2.75, 3.05) is 18.0 Å². The van der Waals surface area contributed by atoms with Crippen molar-refractivity contribution in [3.05, 3.63) is 28.4 Å². The van der Waals surface area contributed by atoms with Gasteiger partial charge in [0.25, 0.3) is 0 Å². The molecule has 0 radical (unpaired) electrons. The molecule has 2 rings (SSSR count). The third kappa shape index (κ3) is 2.11. The van der Waals surface area contributed by atoms with Gasteiger partial charge in [-0.2, -0.15) is 0 Å². The lowest BCUT2D eigenvalue weighted by Crippen LogP contribution is -2.43. The molecule has 1 aromatic rings. The predicted octanol–water partition coefficient (Wildman–Crippen LogP) is 0.917. The summed E-state index contributed by atoms with van der Waals surface area (Å²) in [4.78, 5) is 16.1. The van der Waals surface area contributed by atoms with Gasteiger partial charge < -0.3 is 20.7 Å². The van der Waals surface area contributed by atoms with Crippen molar-refractivity contribution in [3.8, 4) is 0 Å². The summed E-state index contributed by atoms with van der Waals surface area (Å²) in [5.74, 6) is -0.0865. The van der Waals surface area contributed by atoms with Gasteiger partial charge in [-0.1, -0.05) is 0 Å². The minimum absolute atomic E-state index is 0.0865. The molecule has 0 aliphatic carbocycles. The Labute approximate surface area is 93.2 Å². The molecule has 2 heterocycles. The maximum atomic E-state index is 10.8. The van der Waals surface area contributed by atoms with Crippen molar-refractivity contribution >= 4 is 11.5 Å². The van der Waals surface area contributed by atoms with Gasteiger partial charge in [0.05, 0.1) is 0 Å². The van der Waals surface area contributed by atoms with Gasteiger partial charge in [0, 0.05) is 19.1 Å². The van der Waals surface area contributed by atoms with Crippen LogP contribution in [0.3, 0.4) is 0 Å². The van der Waals surface area contributed by atoms with Gasteiger partial charge in [0.15, 0.2) is 0 Å². The topological polar surface area (TPSA) is 85.3 Å². The first kappa shape index (κ1) is 10.8. The average Bonchev–Trinajstić information content (AvgIpc) is 2.29. The van der Waals surface area contributed by atoms with Crippen LogP contribution in [-0.2, 0) is 0 Å². The lowest BCUT2D eigenvalue weighted by atomic mass is 10.1. The van der Waals surface area contributed by atoms with E-state index in [2.05, 4.69) is 4.98 Å². The van der Waals surface area contributed by atoms with Gasteiger partial charge in [0.1, 0.15) is 11.9 Å². The maximum absolute atomic E-state index is 10.8. The van der Waals surface area contributed by atoms with Gasteiger partial charge in [-0.3, -0.25) is 0 Å². The number of hydrogen-bond donors (Lipinski definition) is 1. The van der Waals surface area contributed by atoms with E-state index in [-0.39, 0.29) is 11.9 Å². The van der Waals surface area contributed by atoms with Crippen LogP contribution in [0.15, 0.2) is 18.3 Å². The third-order valence-corrected chi connectivity index (χ3v) is 2.74. The second-order valence-electron chi connectivity index (χ2n) is 3.95. The highest BCUT2D eigenvalue weighted by Gasteiger charge is 2.24. The fraction of sp³-hybridized carbons (Fsp3) is 0.500. The van der Waals surface area contributed by atoms with Crippen LogP contribution < -0.4 is 10.6 Å². The highest BCUT2D eigenvalue weighted by Crippen LogP contribution is 2.27. The molecule has 1 aliphatic heterocycles.